The second-order valence-electron chi connectivity index (χ2n) is 8.61. The standard InChI is InChI=1S/C20H31NO7S/c1-14-8-10-15(11-9-14)29(24,25)26-13-12-16(17(22)27-19(2,3)4)21-18(23)28-20(5,6)7/h8-11,16H,12-13H2,1-7H3,(H,21,23)/t16-/m0/s1. The molecule has 29 heavy (non-hydrogen) atoms. The highest BCUT2D eigenvalue weighted by Crippen LogP contribution is 2.15. The van der Waals surface area contributed by atoms with Crippen LogP contribution in [0.1, 0.15) is 53.5 Å². The lowest BCUT2D eigenvalue weighted by Gasteiger charge is -2.26. The van der Waals surface area contributed by atoms with Crippen LogP contribution in [0.25, 0.3) is 0 Å². The van der Waals surface area contributed by atoms with Crippen LogP contribution >= 0.6 is 0 Å². The van der Waals surface area contributed by atoms with E-state index in [1.807, 2.05) is 6.92 Å². The van der Waals surface area contributed by atoms with Gasteiger partial charge in [0.25, 0.3) is 10.1 Å². The molecule has 9 heteroatoms. The highest BCUT2D eigenvalue weighted by atomic mass is 32.2. The number of nitrogens with one attached hydrogen (secondary N) is 1. The molecule has 164 valence electrons. The molecule has 0 aromatic heterocycles. The van der Waals surface area contributed by atoms with Crippen LogP contribution in [-0.4, -0.2) is 44.3 Å². The molecular weight excluding hydrogens is 398 g/mol. The number of hydrogen-bond acceptors (Lipinski definition) is 7. The van der Waals surface area contributed by atoms with Gasteiger partial charge in [-0.1, -0.05) is 17.7 Å². The minimum Gasteiger partial charge on any atom is -0.458 e. The van der Waals surface area contributed by atoms with Gasteiger partial charge >= 0.3 is 12.1 Å². The summed E-state index contributed by atoms with van der Waals surface area (Å²) in [6, 6.07) is 5.06. The van der Waals surface area contributed by atoms with E-state index >= 15 is 0 Å². The highest BCUT2D eigenvalue weighted by molar-refractivity contribution is 7.86. The summed E-state index contributed by atoms with van der Waals surface area (Å²) in [6.45, 7) is 11.6. The lowest BCUT2D eigenvalue weighted by molar-refractivity contribution is -0.157. The SMILES string of the molecule is Cc1ccc(S(=O)(=O)OCC[C@H](NC(=O)OC(C)(C)C)C(=O)OC(C)(C)C)cc1. The van der Waals surface area contributed by atoms with Crippen molar-refractivity contribution in [1.29, 1.82) is 0 Å². The van der Waals surface area contributed by atoms with E-state index in [1.165, 1.54) is 12.1 Å². The zero-order valence-corrected chi connectivity index (χ0v) is 18.9. The summed E-state index contributed by atoms with van der Waals surface area (Å²) in [6.07, 6.45) is -0.922. The summed E-state index contributed by atoms with van der Waals surface area (Å²) in [7, 11) is -3.99. The Labute approximate surface area is 173 Å². The van der Waals surface area contributed by atoms with Gasteiger partial charge in [-0.2, -0.15) is 8.42 Å². The van der Waals surface area contributed by atoms with Gasteiger partial charge < -0.3 is 14.8 Å². The molecule has 0 spiro atoms. The number of aryl methyl sites for hydroxylation is 1. The maximum absolute atomic E-state index is 12.4. The predicted molar refractivity (Wildman–Crippen MR) is 108 cm³/mol. The minimum atomic E-state index is -3.99. The fourth-order valence-corrected chi connectivity index (χ4v) is 3.04. The van der Waals surface area contributed by atoms with Crippen molar-refractivity contribution in [1.82, 2.24) is 5.32 Å². The molecule has 0 saturated carbocycles. The van der Waals surface area contributed by atoms with Crippen molar-refractivity contribution in [2.24, 2.45) is 0 Å². The first-order valence-corrected chi connectivity index (χ1v) is 10.7. The summed E-state index contributed by atoms with van der Waals surface area (Å²) in [5, 5.41) is 2.42. The Hall–Kier alpha value is -2.13. The topological polar surface area (TPSA) is 108 Å². The maximum atomic E-state index is 12.4. The van der Waals surface area contributed by atoms with Crippen molar-refractivity contribution in [3.05, 3.63) is 29.8 Å². The Bertz CT molecular complexity index is 803. The molecule has 0 heterocycles. The molecule has 0 unspecified atom stereocenters. The summed E-state index contributed by atoms with van der Waals surface area (Å²) < 4.78 is 40.0. The van der Waals surface area contributed by atoms with Crippen LogP contribution in [0.5, 0.6) is 0 Å². The van der Waals surface area contributed by atoms with Crippen LogP contribution in [0.2, 0.25) is 0 Å². The van der Waals surface area contributed by atoms with Crippen molar-refractivity contribution in [3.63, 3.8) is 0 Å². The zero-order valence-electron chi connectivity index (χ0n) is 18.1. The number of benzene rings is 1. The number of ether oxygens (including phenoxy) is 2. The smallest absolute Gasteiger partial charge is 0.408 e. The van der Waals surface area contributed by atoms with Gasteiger partial charge in [0.2, 0.25) is 0 Å². The summed E-state index contributed by atoms with van der Waals surface area (Å²) in [4.78, 5) is 24.5. The van der Waals surface area contributed by atoms with Gasteiger partial charge in [-0.15, -0.1) is 0 Å². The number of carbonyl (C=O) groups is 2. The van der Waals surface area contributed by atoms with Gasteiger partial charge in [0.1, 0.15) is 17.2 Å². The number of carbonyl (C=O) groups excluding carboxylic acids is 2. The van der Waals surface area contributed by atoms with Crippen LogP contribution in [0.4, 0.5) is 4.79 Å². The first kappa shape index (κ1) is 24.9. The van der Waals surface area contributed by atoms with Crippen molar-refractivity contribution in [3.8, 4) is 0 Å². The van der Waals surface area contributed by atoms with E-state index in [0.29, 0.717) is 0 Å². The largest absolute Gasteiger partial charge is 0.458 e. The van der Waals surface area contributed by atoms with E-state index in [2.05, 4.69) is 5.32 Å². The van der Waals surface area contributed by atoms with E-state index < -0.39 is 39.4 Å². The maximum Gasteiger partial charge on any atom is 0.408 e. The number of rotatable bonds is 7. The van der Waals surface area contributed by atoms with Crippen molar-refractivity contribution >= 4 is 22.2 Å². The fourth-order valence-electron chi connectivity index (χ4n) is 2.12. The second kappa shape index (κ2) is 9.58. The van der Waals surface area contributed by atoms with Crippen molar-refractivity contribution in [2.45, 2.75) is 77.0 Å². The van der Waals surface area contributed by atoms with E-state index in [1.54, 1.807) is 53.7 Å². The molecule has 0 fully saturated rings. The summed E-state index contributed by atoms with van der Waals surface area (Å²) in [5.74, 6) is -0.709. The minimum absolute atomic E-state index is 0.0111. The Morgan fingerprint density at radius 2 is 1.48 bits per heavy atom. The number of amides is 1. The molecule has 8 nitrogen and oxygen atoms in total. The molecule has 1 aromatic rings. The van der Waals surface area contributed by atoms with E-state index in [-0.39, 0.29) is 17.9 Å². The first-order chi connectivity index (χ1) is 13.1. The highest BCUT2D eigenvalue weighted by Gasteiger charge is 2.29. The normalized spacial score (nSPS) is 13.5. The number of hydrogen-bond donors (Lipinski definition) is 1. The molecule has 1 atom stereocenters. The molecule has 1 rings (SSSR count). The lowest BCUT2D eigenvalue weighted by Crippen LogP contribution is -2.46. The molecule has 1 N–H and O–H groups in total. The molecule has 0 aliphatic rings. The Morgan fingerprint density at radius 3 is 1.97 bits per heavy atom. The van der Waals surface area contributed by atoms with Crippen LogP contribution in [-0.2, 0) is 28.6 Å². The van der Waals surface area contributed by atoms with E-state index in [0.717, 1.165) is 5.56 Å². The molecule has 1 amide bonds. The van der Waals surface area contributed by atoms with Gasteiger partial charge in [0, 0.05) is 6.42 Å². The monoisotopic (exact) mass is 429 g/mol. The van der Waals surface area contributed by atoms with Crippen LogP contribution < -0.4 is 5.32 Å². The van der Waals surface area contributed by atoms with Gasteiger partial charge in [-0.05, 0) is 60.6 Å². The molecule has 0 saturated heterocycles. The third kappa shape index (κ3) is 9.76. The average molecular weight is 430 g/mol. The molecule has 0 bridgehead atoms. The predicted octanol–water partition coefficient (Wildman–Crippen LogP) is 3.33. The Morgan fingerprint density at radius 1 is 0.966 bits per heavy atom. The Kier molecular flexibility index (Phi) is 8.23. The number of alkyl carbamates (subject to hydrolysis) is 1. The lowest BCUT2D eigenvalue weighted by atomic mass is 10.1. The third-order valence-corrected chi connectivity index (χ3v) is 4.66. The Balaban J connectivity index is 2.81. The van der Waals surface area contributed by atoms with Crippen molar-refractivity contribution in [2.75, 3.05) is 6.61 Å². The molecular formula is C20H31NO7S. The molecule has 0 radical (unpaired) electrons. The van der Waals surface area contributed by atoms with E-state index in [9.17, 15) is 18.0 Å². The van der Waals surface area contributed by atoms with Gasteiger partial charge in [-0.3, -0.25) is 4.18 Å². The molecule has 0 aliphatic carbocycles. The zero-order chi connectivity index (χ0) is 22.5. The van der Waals surface area contributed by atoms with Crippen LogP contribution in [0.3, 0.4) is 0 Å². The van der Waals surface area contributed by atoms with Crippen LogP contribution in [0.15, 0.2) is 29.2 Å². The summed E-state index contributed by atoms with van der Waals surface area (Å²) in [5.41, 5.74) is -0.622. The van der Waals surface area contributed by atoms with E-state index in [4.69, 9.17) is 13.7 Å². The first-order valence-electron chi connectivity index (χ1n) is 9.27. The summed E-state index contributed by atoms with van der Waals surface area (Å²) >= 11 is 0. The van der Waals surface area contributed by atoms with Gasteiger partial charge in [-0.25, -0.2) is 9.59 Å². The van der Waals surface area contributed by atoms with Crippen LogP contribution in [0, 0.1) is 6.92 Å². The second-order valence-corrected chi connectivity index (χ2v) is 10.2. The van der Waals surface area contributed by atoms with Crippen molar-refractivity contribution < 1.29 is 31.7 Å². The molecule has 0 aliphatic heterocycles. The fraction of sp³-hybridized carbons (Fsp3) is 0.600. The number of esters is 1. The quantitative estimate of drug-likeness (QED) is 0.523. The molecule has 1 aromatic carbocycles. The van der Waals surface area contributed by atoms with Gasteiger partial charge in [0.15, 0.2) is 0 Å². The average Bonchev–Trinajstić information content (AvgIpc) is 2.50. The van der Waals surface area contributed by atoms with Gasteiger partial charge in [0.05, 0.1) is 11.5 Å². The third-order valence-electron chi connectivity index (χ3n) is 3.34.